The SMILES string of the molecule is CC(C)CN1CC(C(=O)N(C)CNC(C)C)C1. The molecule has 0 aromatic heterocycles. The van der Waals surface area contributed by atoms with Gasteiger partial charge in [0.05, 0.1) is 12.6 Å². The van der Waals surface area contributed by atoms with Gasteiger partial charge in [-0.25, -0.2) is 0 Å². The first-order valence-corrected chi connectivity index (χ1v) is 6.60. The summed E-state index contributed by atoms with van der Waals surface area (Å²) < 4.78 is 0. The second-order valence-electron chi connectivity index (χ2n) is 5.86. The summed E-state index contributed by atoms with van der Waals surface area (Å²) in [7, 11) is 1.88. The summed E-state index contributed by atoms with van der Waals surface area (Å²) in [4.78, 5) is 16.2. The number of likely N-dealkylation sites (tertiary alicyclic amines) is 1. The lowest BCUT2D eigenvalue weighted by Gasteiger charge is -2.40. The van der Waals surface area contributed by atoms with Gasteiger partial charge in [-0.1, -0.05) is 13.8 Å². The van der Waals surface area contributed by atoms with E-state index < -0.39 is 0 Å². The lowest BCUT2D eigenvalue weighted by Crippen LogP contribution is -2.55. The van der Waals surface area contributed by atoms with Crippen LogP contribution < -0.4 is 5.32 Å². The summed E-state index contributed by atoms with van der Waals surface area (Å²) >= 11 is 0. The zero-order valence-electron chi connectivity index (χ0n) is 11.9. The first kappa shape index (κ1) is 14.5. The predicted octanol–water partition coefficient (Wildman–Crippen LogP) is 0.988. The molecular formula is C13H27N3O. The van der Waals surface area contributed by atoms with Gasteiger partial charge in [-0.2, -0.15) is 0 Å². The molecule has 1 fully saturated rings. The number of rotatable bonds is 6. The largest absolute Gasteiger partial charge is 0.333 e. The van der Waals surface area contributed by atoms with Gasteiger partial charge in [0.1, 0.15) is 0 Å². The van der Waals surface area contributed by atoms with E-state index in [2.05, 4.69) is 37.9 Å². The molecule has 1 aliphatic rings. The van der Waals surface area contributed by atoms with Crippen molar-refractivity contribution in [3.05, 3.63) is 0 Å². The van der Waals surface area contributed by atoms with Crippen molar-refractivity contribution < 1.29 is 4.79 Å². The normalized spacial score (nSPS) is 17.6. The first-order chi connectivity index (χ1) is 7.90. The number of hydrogen-bond donors (Lipinski definition) is 1. The van der Waals surface area contributed by atoms with Crippen LogP contribution in [0.3, 0.4) is 0 Å². The van der Waals surface area contributed by atoms with E-state index >= 15 is 0 Å². The zero-order chi connectivity index (χ0) is 13.0. The maximum atomic E-state index is 12.0. The maximum absolute atomic E-state index is 12.0. The van der Waals surface area contributed by atoms with Crippen molar-refractivity contribution in [1.29, 1.82) is 0 Å². The van der Waals surface area contributed by atoms with Crippen LogP contribution in [0.15, 0.2) is 0 Å². The molecule has 0 spiro atoms. The Balaban J connectivity index is 2.22. The van der Waals surface area contributed by atoms with Crippen molar-refractivity contribution >= 4 is 5.91 Å². The highest BCUT2D eigenvalue weighted by atomic mass is 16.2. The van der Waals surface area contributed by atoms with Crippen LogP contribution in [-0.4, -0.2) is 55.1 Å². The Hall–Kier alpha value is -0.610. The minimum atomic E-state index is 0.215. The Morgan fingerprint density at radius 1 is 1.35 bits per heavy atom. The Kier molecular flexibility index (Phi) is 5.40. The van der Waals surface area contributed by atoms with Crippen LogP contribution in [0.1, 0.15) is 27.7 Å². The molecular weight excluding hydrogens is 214 g/mol. The molecule has 1 saturated heterocycles. The number of carbonyl (C=O) groups is 1. The highest BCUT2D eigenvalue weighted by molar-refractivity contribution is 5.79. The van der Waals surface area contributed by atoms with Crippen molar-refractivity contribution in [1.82, 2.24) is 15.1 Å². The Bertz CT molecular complexity index is 247. The second-order valence-corrected chi connectivity index (χ2v) is 5.86. The molecule has 0 atom stereocenters. The molecule has 1 amide bonds. The molecule has 0 aromatic rings. The summed E-state index contributed by atoms with van der Waals surface area (Å²) in [6.07, 6.45) is 0. The molecule has 1 heterocycles. The Labute approximate surface area is 105 Å². The number of nitrogens with one attached hydrogen (secondary N) is 1. The first-order valence-electron chi connectivity index (χ1n) is 6.60. The fraction of sp³-hybridized carbons (Fsp3) is 0.923. The Morgan fingerprint density at radius 2 is 1.94 bits per heavy atom. The van der Waals surface area contributed by atoms with Crippen molar-refractivity contribution in [2.45, 2.75) is 33.7 Å². The standard InChI is InChI=1S/C13H27N3O/c1-10(2)6-16-7-12(8-16)13(17)15(5)9-14-11(3)4/h10-12,14H,6-9H2,1-5H3. The van der Waals surface area contributed by atoms with Gasteiger partial charge in [0.2, 0.25) is 5.91 Å². The molecule has 0 aliphatic carbocycles. The highest BCUT2D eigenvalue weighted by Gasteiger charge is 2.34. The van der Waals surface area contributed by atoms with Crippen LogP contribution in [-0.2, 0) is 4.79 Å². The predicted molar refractivity (Wildman–Crippen MR) is 70.7 cm³/mol. The van der Waals surface area contributed by atoms with Crippen LogP contribution in [0, 0.1) is 11.8 Å². The van der Waals surface area contributed by atoms with E-state index in [9.17, 15) is 4.79 Å². The number of nitrogens with zero attached hydrogens (tertiary/aromatic N) is 2. The average molecular weight is 241 g/mol. The maximum Gasteiger partial charge on any atom is 0.229 e. The molecule has 0 bridgehead atoms. The summed E-state index contributed by atoms with van der Waals surface area (Å²) in [6.45, 7) is 12.2. The molecule has 4 nitrogen and oxygen atoms in total. The molecule has 100 valence electrons. The van der Waals surface area contributed by atoms with E-state index in [-0.39, 0.29) is 11.8 Å². The van der Waals surface area contributed by atoms with Gasteiger partial charge in [0.15, 0.2) is 0 Å². The van der Waals surface area contributed by atoms with Crippen molar-refractivity contribution in [3.8, 4) is 0 Å². The minimum absolute atomic E-state index is 0.215. The fourth-order valence-corrected chi connectivity index (χ4v) is 2.10. The third-order valence-corrected chi connectivity index (χ3v) is 3.04. The van der Waals surface area contributed by atoms with Gasteiger partial charge in [0.25, 0.3) is 0 Å². The van der Waals surface area contributed by atoms with E-state index in [4.69, 9.17) is 0 Å². The van der Waals surface area contributed by atoms with Gasteiger partial charge in [-0.15, -0.1) is 0 Å². The summed E-state index contributed by atoms with van der Waals surface area (Å²) in [5.74, 6) is 1.18. The van der Waals surface area contributed by atoms with Crippen molar-refractivity contribution in [2.75, 3.05) is 33.4 Å². The average Bonchev–Trinajstić information content (AvgIpc) is 2.17. The quantitative estimate of drug-likeness (QED) is 0.704. The summed E-state index contributed by atoms with van der Waals surface area (Å²) in [6, 6.07) is 0.420. The summed E-state index contributed by atoms with van der Waals surface area (Å²) in [5.41, 5.74) is 0. The topological polar surface area (TPSA) is 35.6 Å². The smallest absolute Gasteiger partial charge is 0.229 e. The summed E-state index contributed by atoms with van der Waals surface area (Å²) in [5, 5.41) is 3.26. The zero-order valence-corrected chi connectivity index (χ0v) is 11.9. The molecule has 0 saturated carbocycles. The monoisotopic (exact) mass is 241 g/mol. The molecule has 1 aliphatic heterocycles. The lowest BCUT2D eigenvalue weighted by molar-refractivity contribution is -0.140. The molecule has 4 heteroatoms. The van der Waals surface area contributed by atoms with E-state index in [1.807, 2.05) is 7.05 Å². The van der Waals surface area contributed by atoms with Crippen LogP contribution in [0.5, 0.6) is 0 Å². The van der Waals surface area contributed by atoms with Crippen LogP contribution in [0.25, 0.3) is 0 Å². The number of hydrogen-bond acceptors (Lipinski definition) is 3. The van der Waals surface area contributed by atoms with Gasteiger partial charge >= 0.3 is 0 Å². The molecule has 0 radical (unpaired) electrons. The highest BCUT2D eigenvalue weighted by Crippen LogP contribution is 2.18. The van der Waals surface area contributed by atoms with Gasteiger partial charge in [-0.3, -0.25) is 10.1 Å². The van der Waals surface area contributed by atoms with E-state index in [0.29, 0.717) is 18.6 Å². The van der Waals surface area contributed by atoms with Gasteiger partial charge in [0, 0.05) is 32.7 Å². The van der Waals surface area contributed by atoms with Gasteiger partial charge in [-0.05, 0) is 19.8 Å². The number of amides is 1. The third kappa shape index (κ3) is 4.64. The van der Waals surface area contributed by atoms with Crippen LogP contribution >= 0.6 is 0 Å². The van der Waals surface area contributed by atoms with E-state index in [1.165, 1.54) is 0 Å². The van der Waals surface area contributed by atoms with Crippen molar-refractivity contribution in [3.63, 3.8) is 0 Å². The fourth-order valence-electron chi connectivity index (χ4n) is 2.10. The van der Waals surface area contributed by atoms with Gasteiger partial charge < -0.3 is 9.80 Å². The third-order valence-electron chi connectivity index (χ3n) is 3.04. The van der Waals surface area contributed by atoms with E-state index in [0.717, 1.165) is 19.6 Å². The van der Waals surface area contributed by atoms with E-state index in [1.54, 1.807) is 4.90 Å². The molecule has 0 unspecified atom stereocenters. The molecule has 1 N–H and O–H groups in total. The second kappa shape index (κ2) is 6.36. The van der Waals surface area contributed by atoms with Crippen LogP contribution in [0.2, 0.25) is 0 Å². The Morgan fingerprint density at radius 3 is 2.41 bits per heavy atom. The molecule has 1 rings (SSSR count). The van der Waals surface area contributed by atoms with Crippen LogP contribution in [0.4, 0.5) is 0 Å². The number of carbonyl (C=O) groups excluding carboxylic acids is 1. The van der Waals surface area contributed by atoms with Crippen molar-refractivity contribution in [2.24, 2.45) is 11.8 Å². The molecule has 0 aromatic carbocycles. The minimum Gasteiger partial charge on any atom is -0.333 e. The molecule has 17 heavy (non-hydrogen) atoms. The lowest BCUT2D eigenvalue weighted by atomic mass is 9.97.